The third kappa shape index (κ3) is 3.84. The number of urea groups is 1. The number of fused-ring (bicyclic) bond motifs is 2. The van der Waals surface area contributed by atoms with Crippen LogP contribution in [0.2, 0.25) is 0 Å². The van der Waals surface area contributed by atoms with E-state index < -0.39 is 23.4 Å². The lowest BCUT2D eigenvalue weighted by molar-refractivity contribution is -0.134. The van der Waals surface area contributed by atoms with Gasteiger partial charge in [0.25, 0.3) is 5.91 Å². The molecule has 2 N–H and O–H groups in total. The monoisotopic (exact) mass is 445 g/mol. The zero-order chi connectivity index (χ0) is 23.0. The van der Waals surface area contributed by atoms with Crippen LogP contribution in [0.15, 0.2) is 66.7 Å². The maximum Gasteiger partial charge on any atom is 0.325 e. The molecule has 2 heterocycles. The summed E-state index contributed by atoms with van der Waals surface area (Å²) < 4.78 is 11.5. The van der Waals surface area contributed by atoms with Crippen molar-refractivity contribution in [3.63, 3.8) is 0 Å². The van der Waals surface area contributed by atoms with Crippen LogP contribution in [0.5, 0.6) is 11.5 Å². The topological polar surface area (TPSA) is 97.0 Å². The number of ether oxygens (including phenoxy) is 2. The molecule has 2 atom stereocenters. The maximum absolute atomic E-state index is 13.2. The highest BCUT2D eigenvalue weighted by molar-refractivity contribution is 6.09. The Morgan fingerprint density at radius 1 is 1.06 bits per heavy atom. The first-order chi connectivity index (χ1) is 15.9. The van der Waals surface area contributed by atoms with E-state index in [1.165, 1.54) is 0 Å². The van der Waals surface area contributed by atoms with Crippen molar-refractivity contribution in [2.24, 2.45) is 0 Å². The lowest BCUT2D eigenvalue weighted by atomic mass is 9.90. The predicted molar refractivity (Wildman–Crippen MR) is 121 cm³/mol. The van der Waals surface area contributed by atoms with Crippen molar-refractivity contribution < 1.29 is 23.9 Å². The smallest absolute Gasteiger partial charge is 0.325 e. The SMILES string of the molecule is CC1(c2ccc3ccccc3c2)NC(=O)N(CC(=O)NCC2COc3ccccc3O2)C1=O. The zero-order valence-electron chi connectivity index (χ0n) is 18.0. The number of para-hydroxylation sites is 2. The zero-order valence-corrected chi connectivity index (χ0v) is 18.0. The van der Waals surface area contributed by atoms with Crippen molar-refractivity contribution in [1.29, 1.82) is 0 Å². The normalized spacial score (nSPS) is 21.7. The second-order valence-electron chi connectivity index (χ2n) is 8.31. The Hall–Kier alpha value is -4.07. The van der Waals surface area contributed by atoms with Crippen molar-refractivity contribution in [2.45, 2.75) is 18.6 Å². The molecular formula is C25H23N3O5. The van der Waals surface area contributed by atoms with Gasteiger partial charge < -0.3 is 20.1 Å². The number of imide groups is 1. The molecule has 168 valence electrons. The van der Waals surface area contributed by atoms with Crippen LogP contribution in [0.4, 0.5) is 4.79 Å². The van der Waals surface area contributed by atoms with Gasteiger partial charge in [0, 0.05) is 0 Å². The molecule has 2 unspecified atom stereocenters. The standard InChI is InChI=1S/C25H23N3O5/c1-25(18-11-10-16-6-2-3-7-17(16)12-18)23(30)28(24(31)27-25)14-22(29)26-13-19-15-32-20-8-4-5-9-21(20)33-19/h2-12,19H,13-15H2,1H3,(H,26,29)(H,27,31). The van der Waals surface area contributed by atoms with E-state index in [0.717, 1.165) is 15.7 Å². The Morgan fingerprint density at radius 2 is 1.79 bits per heavy atom. The van der Waals surface area contributed by atoms with E-state index in [2.05, 4.69) is 10.6 Å². The molecule has 3 aromatic carbocycles. The molecule has 0 saturated carbocycles. The molecule has 3 aromatic rings. The summed E-state index contributed by atoms with van der Waals surface area (Å²) in [5.41, 5.74) is -0.584. The first kappa shape index (κ1) is 20.8. The molecule has 4 amide bonds. The van der Waals surface area contributed by atoms with Crippen LogP contribution >= 0.6 is 0 Å². The molecule has 33 heavy (non-hydrogen) atoms. The van der Waals surface area contributed by atoms with Gasteiger partial charge in [0.1, 0.15) is 24.8 Å². The third-order valence-corrected chi connectivity index (χ3v) is 6.00. The molecule has 5 rings (SSSR count). The van der Waals surface area contributed by atoms with Crippen molar-refractivity contribution >= 4 is 28.6 Å². The number of carbonyl (C=O) groups excluding carboxylic acids is 3. The van der Waals surface area contributed by atoms with E-state index in [0.29, 0.717) is 23.7 Å². The molecule has 8 nitrogen and oxygen atoms in total. The molecule has 8 heteroatoms. The number of hydrogen-bond donors (Lipinski definition) is 2. The number of carbonyl (C=O) groups is 3. The van der Waals surface area contributed by atoms with Gasteiger partial charge in [0.2, 0.25) is 5.91 Å². The van der Waals surface area contributed by atoms with Crippen LogP contribution in [0.25, 0.3) is 10.8 Å². The fraction of sp³-hybridized carbons (Fsp3) is 0.240. The van der Waals surface area contributed by atoms with Crippen LogP contribution in [0, 0.1) is 0 Å². The summed E-state index contributed by atoms with van der Waals surface area (Å²) >= 11 is 0. The van der Waals surface area contributed by atoms with Crippen LogP contribution in [0.1, 0.15) is 12.5 Å². The highest BCUT2D eigenvalue weighted by Crippen LogP contribution is 2.32. The van der Waals surface area contributed by atoms with Gasteiger partial charge in [-0.3, -0.25) is 14.5 Å². The molecule has 2 aliphatic rings. The predicted octanol–water partition coefficient (Wildman–Crippen LogP) is 2.56. The highest BCUT2D eigenvalue weighted by atomic mass is 16.6. The lowest BCUT2D eigenvalue weighted by Crippen LogP contribution is -2.46. The summed E-state index contributed by atoms with van der Waals surface area (Å²) in [4.78, 5) is 39.2. The van der Waals surface area contributed by atoms with Crippen molar-refractivity contribution in [2.75, 3.05) is 19.7 Å². The summed E-state index contributed by atoms with van der Waals surface area (Å²) in [7, 11) is 0. The van der Waals surface area contributed by atoms with Gasteiger partial charge in [-0.05, 0) is 41.5 Å². The van der Waals surface area contributed by atoms with E-state index in [1.807, 2.05) is 60.7 Å². The first-order valence-electron chi connectivity index (χ1n) is 10.7. The number of hydrogen-bond acceptors (Lipinski definition) is 5. The van der Waals surface area contributed by atoms with Crippen LogP contribution in [-0.2, 0) is 15.1 Å². The molecule has 0 aromatic heterocycles. The van der Waals surface area contributed by atoms with Gasteiger partial charge in [-0.1, -0.05) is 48.5 Å². The fourth-order valence-electron chi connectivity index (χ4n) is 4.13. The highest BCUT2D eigenvalue weighted by Gasteiger charge is 2.49. The van der Waals surface area contributed by atoms with Gasteiger partial charge >= 0.3 is 6.03 Å². The minimum Gasteiger partial charge on any atom is -0.486 e. The number of nitrogens with one attached hydrogen (secondary N) is 2. The quantitative estimate of drug-likeness (QED) is 0.589. The third-order valence-electron chi connectivity index (χ3n) is 6.00. The summed E-state index contributed by atoms with van der Waals surface area (Å²) in [5.74, 6) is 0.350. The molecule has 0 radical (unpaired) electrons. The van der Waals surface area contributed by atoms with Gasteiger partial charge in [0.15, 0.2) is 11.5 Å². The fourth-order valence-corrected chi connectivity index (χ4v) is 4.13. The summed E-state index contributed by atoms with van der Waals surface area (Å²) in [6.45, 7) is 1.76. The van der Waals surface area contributed by atoms with E-state index in [1.54, 1.807) is 13.0 Å². The largest absolute Gasteiger partial charge is 0.486 e. The van der Waals surface area contributed by atoms with Crippen LogP contribution in [0.3, 0.4) is 0 Å². The molecule has 1 fully saturated rings. The number of benzene rings is 3. The molecule has 1 saturated heterocycles. The average Bonchev–Trinajstić information content (AvgIpc) is 3.06. The van der Waals surface area contributed by atoms with Gasteiger partial charge in [-0.25, -0.2) is 4.79 Å². The Morgan fingerprint density at radius 3 is 2.61 bits per heavy atom. The second kappa shape index (κ2) is 8.12. The summed E-state index contributed by atoms with van der Waals surface area (Å²) in [5, 5.41) is 7.47. The molecule has 0 bridgehead atoms. The van der Waals surface area contributed by atoms with Crippen LogP contribution in [-0.4, -0.2) is 48.5 Å². The maximum atomic E-state index is 13.2. The van der Waals surface area contributed by atoms with Gasteiger partial charge in [0.05, 0.1) is 6.54 Å². The van der Waals surface area contributed by atoms with E-state index >= 15 is 0 Å². The van der Waals surface area contributed by atoms with E-state index in [9.17, 15) is 14.4 Å². The van der Waals surface area contributed by atoms with Crippen molar-refractivity contribution in [3.05, 3.63) is 72.3 Å². The minimum atomic E-state index is -1.24. The Kier molecular flexibility index (Phi) is 5.12. The summed E-state index contributed by atoms with van der Waals surface area (Å²) in [6.07, 6.45) is -0.366. The van der Waals surface area contributed by atoms with Gasteiger partial charge in [-0.15, -0.1) is 0 Å². The number of nitrogens with zero attached hydrogens (tertiary/aromatic N) is 1. The first-order valence-corrected chi connectivity index (χ1v) is 10.7. The van der Waals surface area contributed by atoms with Crippen molar-refractivity contribution in [1.82, 2.24) is 15.5 Å². The molecule has 0 aliphatic carbocycles. The number of amides is 4. The minimum absolute atomic E-state index is 0.193. The van der Waals surface area contributed by atoms with Crippen LogP contribution < -0.4 is 20.1 Å². The Bertz CT molecular complexity index is 1260. The molecule has 0 spiro atoms. The average molecular weight is 445 g/mol. The lowest BCUT2D eigenvalue weighted by Gasteiger charge is -2.26. The Balaban J connectivity index is 1.23. The second-order valence-corrected chi connectivity index (χ2v) is 8.31. The Labute approximate surface area is 190 Å². The molecular weight excluding hydrogens is 422 g/mol. The molecule has 2 aliphatic heterocycles. The van der Waals surface area contributed by atoms with E-state index in [4.69, 9.17) is 9.47 Å². The van der Waals surface area contributed by atoms with Crippen molar-refractivity contribution in [3.8, 4) is 11.5 Å². The van der Waals surface area contributed by atoms with E-state index in [-0.39, 0.29) is 19.2 Å². The number of rotatable bonds is 5. The van der Waals surface area contributed by atoms with Gasteiger partial charge in [-0.2, -0.15) is 0 Å². The summed E-state index contributed by atoms with van der Waals surface area (Å²) in [6, 6.07) is 20.1.